The summed E-state index contributed by atoms with van der Waals surface area (Å²) in [5.74, 6) is 1.41. The molecular weight excluding hydrogens is 344 g/mol. The summed E-state index contributed by atoms with van der Waals surface area (Å²) in [7, 11) is 0. The Morgan fingerprint density at radius 3 is 2.88 bits per heavy atom. The van der Waals surface area contributed by atoms with Crippen molar-refractivity contribution in [3.05, 3.63) is 45.9 Å². The van der Waals surface area contributed by atoms with Gasteiger partial charge in [-0.05, 0) is 43.9 Å². The highest BCUT2D eigenvalue weighted by atomic mass is 32.1. The van der Waals surface area contributed by atoms with Crippen molar-refractivity contribution in [2.45, 2.75) is 59.1 Å². The topological polar surface area (TPSA) is 42.4 Å². The van der Waals surface area contributed by atoms with Crippen molar-refractivity contribution in [3.8, 4) is 5.75 Å². The first-order valence-electron chi connectivity index (χ1n) is 9.57. The number of thiazole rings is 1. The fourth-order valence-corrected chi connectivity index (χ4v) is 4.20. The van der Waals surface area contributed by atoms with Crippen molar-refractivity contribution in [2.24, 2.45) is 5.92 Å². The lowest BCUT2D eigenvalue weighted by Crippen LogP contribution is -2.35. The second-order valence-corrected chi connectivity index (χ2v) is 8.02. The van der Waals surface area contributed by atoms with Crippen LogP contribution in [0.2, 0.25) is 0 Å². The van der Waals surface area contributed by atoms with Crippen molar-refractivity contribution >= 4 is 17.2 Å². The first-order valence-corrected chi connectivity index (χ1v) is 10.4. The van der Waals surface area contributed by atoms with E-state index in [-0.39, 0.29) is 5.92 Å². The maximum absolute atomic E-state index is 12.8. The lowest BCUT2D eigenvalue weighted by molar-refractivity contribution is -0.136. The Hall–Kier alpha value is -1.88. The van der Waals surface area contributed by atoms with Crippen LogP contribution in [0.15, 0.2) is 29.6 Å². The molecule has 1 aromatic heterocycles. The minimum absolute atomic E-state index is 0.226. The standard InChI is InChI=1S/C21H28N2O2S/c1-3-11-23(21(24)17-8-4-5-9-17)13-18-15-26-20(22-18)14-25-19-10-6-7-16(2)12-19/h6-7,10,12,15,17H,3-5,8-9,11,13-14H2,1-2H3. The molecule has 1 aromatic carbocycles. The normalized spacial score (nSPS) is 14.5. The average molecular weight is 373 g/mol. The SMILES string of the molecule is CCCN(Cc1csc(COc2cccc(C)c2)n1)C(=O)C1CCCC1. The number of hydrogen-bond donors (Lipinski definition) is 0. The van der Waals surface area contributed by atoms with Crippen LogP contribution in [0.4, 0.5) is 0 Å². The Morgan fingerprint density at radius 2 is 2.15 bits per heavy atom. The quantitative estimate of drug-likeness (QED) is 0.658. The number of ether oxygens (including phenoxy) is 1. The Labute approximate surface area is 160 Å². The summed E-state index contributed by atoms with van der Waals surface area (Å²) in [6.07, 6.45) is 5.45. The van der Waals surface area contributed by atoms with Crippen molar-refractivity contribution in [3.63, 3.8) is 0 Å². The fourth-order valence-electron chi connectivity index (χ4n) is 3.50. The molecule has 1 saturated carbocycles. The van der Waals surface area contributed by atoms with Crippen LogP contribution in [-0.2, 0) is 17.9 Å². The molecule has 1 aliphatic carbocycles. The molecule has 0 radical (unpaired) electrons. The molecule has 0 unspecified atom stereocenters. The molecule has 140 valence electrons. The summed E-state index contributed by atoms with van der Waals surface area (Å²) >= 11 is 1.60. The van der Waals surface area contributed by atoms with Gasteiger partial charge < -0.3 is 9.64 Å². The molecule has 0 saturated heterocycles. The van der Waals surface area contributed by atoms with Gasteiger partial charge in [0.05, 0.1) is 12.2 Å². The Kier molecular flexibility index (Phi) is 6.67. The molecule has 1 aliphatic rings. The Bertz CT molecular complexity index is 722. The van der Waals surface area contributed by atoms with E-state index in [4.69, 9.17) is 4.74 Å². The number of benzene rings is 1. The predicted molar refractivity (Wildman–Crippen MR) is 105 cm³/mol. The van der Waals surface area contributed by atoms with Crippen LogP contribution in [-0.4, -0.2) is 22.3 Å². The van der Waals surface area contributed by atoms with Gasteiger partial charge in [-0.2, -0.15) is 0 Å². The number of carbonyl (C=O) groups is 1. The number of amides is 1. The van der Waals surface area contributed by atoms with Crippen LogP contribution in [0.25, 0.3) is 0 Å². The van der Waals surface area contributed by atoms with Gasteiger partial charge in [0.25, 0.3) is 0 Å². The molecule has 1 fully saturated rings. The third kappa shape index (κ3) is 5.07. The van der Waals surface area contributed by atoms with Gasteiger partial charge in [0, 0.05) is 17.8 Å². The molecule has 2 aromatic rings. The summed E-state index contributed by atoms with van der Waals surface area (Å²) in [5, 5.41) is 3.01. The highest BCUT2D eigenvalue weighted by molar-refractivity contribution is 7.09. The molecule has 4 nitrogen and oxygen atoms in total. The monoisotopic (exact) mass is 372 g/mol. The van der Waals surface area contributed by atoms with Gasteiger partial charge in [0.2, 0.25) is 5.91 Å². The summed E-state index contributed by atoms with van der Waals surface area (Å²) in [6, 6.07) is 8.04. The van der Waals surface area contributed by atoms with Gasteiger partial charge in [-0.25, -0.2) is 4.98 Å². The average Bonchev–Trinajstić information content (AvgIpc) is 3.31. The van der Waals surface area contributed by atoms with Gasteiger partial charge in [-0.15, -0.1) is 11.3 Å². The summed E-state index contributed by atoms with van der Waals surface area (Å²) in [5.41, 5.74) is 2.15. The van der Waals surface area contributed by atoms with Crippen LogP contribution in [0.5, 0.6) is 5.75 Å². The number of aryl methyl sites for hydroxylation is 1. The molecule has 0 aliphatic heterocycles. The molecule has 3 rings (SSSR count). The summed E-state index contributed by atoms with van der Waals surface area (Å²) < 4.78 is 5.83. The van der Waals surface area contributed by atoms with Gasteiger partial charge in [0.1, 0.15) is 17.4 Å². The largest absolute Gasteiger partial charge is 0.486 e. The van der Waals surface area contributed by atoms with E-state index in [0.717, 1.165) is 42.3 Å². The first kappa shape index (κ1) is 18.9. The molecule has 5 heteroatoms. The van der Waals surface area contributed by atoms with Gasteiger partial charge in [0.15, 0.2) is 0 Å². The maximum atomic E-state index is 12.8. The lowest BCUT2D eigenvalue weighted by atomic mass is 10.1. The molecule has 0 atom stereocenters. The zero-order valence-corrected chi connectivity index (χ0v) is 16.6. The summed E-state index contributed by atoms with van der Waals surface area (Å²) in [4.78, 5) is 19.4. The Morgan fingerprint density at radius 1 is 1.35 bits per heavy atom. The predicted octanol–water partition coefficient (Wildman–Crippen LogP) is 4.96. The van der Waals surface area contributed by atoms with Gasteiger partial charge in [-0.1, -0.05) is 31.9 Å². The number of rotatable bonds is 8. The molecule has 1 heterocycles. The fraction of sp³-hybridized carbons (Fsp3) is 0.524. The zero-order valence-electron chi connectivity index (χ0n) is 15.7. The number of aromatic nitrogens is 1. The Balaban J connectivity index is 1.57. The third-order valence-corrected chi connectivity index (χ3v) is 5.68. The van der Waals surface area contributed by atoms with Crippen LogP contribution < -0.4 is 4.74 Å². The van der Waals surface area contributed by atoms with Gasteiger partial charge in [-0.3, -0.25) is 4.79 Å². The molecule has 1 amide bonds. The van der Waals surface area contributed by atoms with E-state index >= 15 is 0 Å². The number of nitrogens with zero attached hydrogens (tertiary/aromatic N) is 2. The molecule has 26 heavy (non-hydrogen) atoms. The minimum atomic E-state index is 0.226. The zero-order chi connectivity index (χ0) is 18.4. The van der Waals surface area contributed by atoms with Crippen LogP contribution in [0.1, 0.15) is 55.3 Å². The van der Waals surface area contributed by atoms with E-state index < -0.39 is 0 Å². The van der Waals surface area contributed by atoms with E-state index in [2.05, 4.69) is 30.3 Å². The van der Waals surface area contributed by atoms with E-state index in [1.807, 2.05) is 23.1 Å². The van der Waals surface area contributed by atoms with E-state index in [1.54, 1.807) is 11.3 Å². The first-order chi connectivity index (χ1) is 12.7. The van der Waals surface area contributed by atoms with E-state index in [9.17, 15) is 4.79 Å². The van der Waals surface area contributed by atoms with Crippen LogP contribution in [0.3, 0.4) is 0 Å². The summed E-state index contributed by atoms with van der Waals surface area (Å²) in [6.45, 7) is 6.07. The minimum Gasteiger partial charge on any atom is -0.486 e. The van der Waals surface area contributed by atoms with Crippen LogP contribution in [0, 0.1) is 12.8 Å². The lowest BCUT2D eigenvalue weighted by Gasteiger charge is -2.24. The van der Waals surface area contributed by atoms with E-state index in [0.29, 0.717) is 19.1 Å². The van der Waals surface area contributed by atoms with Crippen molar-refractivity contribution in [2.75, 3.05) is 6.54 Å². The van der Waals surface area contributed by atoms with Crippen molar-refractivity contribution in [1.29, 1.82) is 0 Å². The van der Waals surface area contributed by atoms with Gasteiger partial charge >= 0.3 is 0 Å². The second-order valence-electron chi connectivity index (χ2n) is 7.08. The van der Waals surface area contributed by atoms with Crippen LogP contribution >= 0.6 is 11.3 Å². The second kappa shape index (κ2) is 9.17. The molecule has 0 N–H and O–H groups in total. The van der Waals surface area contributed by atoms with Crippen molar-refractivity contribution < 1.29 is 9.53 Å². The molecule has 0 spiro atoms. The number of hydrogen-bond acceptors (Lipinski definition) is 4. The smallest absolute Gasteiger partial charge is 0.226 e. The molecule has 0 bridgehead atoms. The molecular formula is C21H28N2O2S. The number of carbonyl (C=O) groups excluding carboxylic acids is 1. The third-order valence-electron chi connectivity index (χ3n) is 4.81. The highest BCUT2D eigenvalue weighted by Gasteiger charge is 2.27. The highest BCUT2D eigenvalue weighted by Crippen LogP contribution is 2.27. The maximum Gasteiger partial charge on any atom is 0.226 e. The van der Waals surface area contributed by atoms with Crippen molar-refractivity contribution in [1.82, 2.24) is 9.88 Å². The van der Waals surface area contributed by atoms with E-state index in [1.165, 1.54) is 18.4 Å².